The first kappa shape index (κ1) is 22.9. The number of rotatable bonds is 5. The molecule has 0 bridgehead atoms. The summed E-state index contributed by atoms with van der Waals surface area (Å²) in [6, 6.07) is 8.21. The summed E-state index contributed by atoms with van der Waals surface area (Å²) in [4.78, 5) is 11.9. The van der Waals surface area contributed by atoms with Gasteiger partial charge < -0.3 is 23.8 Å². The van der Waals surface area contributed by atoms with E-state index in [9.17, 15) is 8.78 Å². The highest BCUT2D eigenvalue weighted by atomic mass is 19.1. The minimum Gasteiger partial charge on any atom is -0.495 e. The number of nitrogens with zero attached hydrogens (tertiary/aromatic N) is 4. The Morgan fingerprint density at radius 1 is 1.11 bits per heavy atom. The zero-order valence-corrected chi connectivity index (χ0v) is 19.8. The number of hydrogen-bond donors (Lipinski definition) is 0. The Bertz CT molecular complexity index is 1290. The van der Waals surface area contributed by atoms with Gasteiger partial charge in [0, 0.05) is 12.7 Å². The SMILES string of the molecule is COc1cc(/C=C2\CCCN3C2=NOC[C@@H]3c2cc(F)c(OC)c(F)c2)ccc1-n1cnc(C)c1. The number of oxime groups is 1. The second-order valence-electron chi connectivity index (χ2n) is 8.56. The predicted octanol–water partition coefficient (Wildman–Crippen LogP) is 5.04. The average Bonchev–Trinajstić information content (AvgIpc) is 3.29. The quantitative estimate of drug-likeness (QED) is 0.512. The van der Waals surface area contributed by atoms with E-state index in [1.54, 1.807) is 13.4 Å². The lowest BCUT2D eigenvalue weighted by molar-refractivity contribution is 0.0572. The molecule has 0 aliphatic carbocycles. The van der Waals surface area contributed by atoms with Crippen LogP contribution in [-0.2, 0) is 4.84 Å². The highest BCUT2D eigenvalue weighted by Gasteiger charge is 2.34. The topological polar surface area (TPSA) is 61.1 Å². The normalized spacial score (nSPS) is 18.7. The van der Waals surface area contributed by atoms with Crippen molar-refractivity contribution in [3.05, 3.63) is 76.9 Å². The molecule has 5 rings (SSSR count). The molecule has 0 N–H and O–H groups in total. The van der Waals surface area contributed by atoms with Crippen LogP contribution in [0.15, 0.2) is 53.6 Å². The number of aromatic nitrogens is 2. The van der Waals surface area contributed by atoms with Crippen molar-refractivity contribution in [1.29, 1.82) is 0 Å². The van der Waals surface area contributed by atoms with Crippen molar-refractivity contribution >= 4 is 11.9 Å². The smallest absolute Gasteiger partial charge is 0.190 e. The van der Waals surface area contributed by atoms with Crippen LogP contribution in [0, 0.1) is 18.6 Å². The van der Waals surface area contributed by atoms with Crippen LogP contribution >= 0.6 is 0 Å². The lowest BCUT2D eigenvalue weighted by Crippen LogP contribution is -2.44. The second-order valence-corrected chi connectivity index (χ2v) is 8.56. The number of piperidine rings is 1. The van der Waals surface area contributed by atoms with Crippen molar-refractivity contribution in [2.45, 2.75) is 25.8 Å². The zero-order chi connectivity index (χ0) is 24.5. The van der Waals surface area contributed by atoms with Gasteiger partial charge in [-0.3, -0.25) is 0 Å². The number of imidazole rings is 1. The van der Waals surface area contributed by atoms with Gasteiger partial charge in [0.2, 0.25) is 0 Å². The Kier molecular flexibility index (Phi) is 6.15. The molecule has 0 spiro atoms. The molecular weight excluding hydrogens is 454 g/mol. The van der Waals surface area contributed by atoms with Gasteiger partial charge in [0.25, 0.3) is 0 Å². The zero-order valence-electron chi connectivity index (χ0n) is 19.8. The van der Waals surface area contributed by atoms with Crippen molar-refractivity contribution in [2.75, 3.05) is 27.4 Å². The number of amidine groups is 1. The molecule has 2 aliphatic heterocycles. The van der Waals surface area contributed by atoms with E-state index in [0.29, 0.717) is 23.7 Å². The molecule has 3 aromatic rings. The number of hydrogen-bond acceptors (Lipinski definition) is 6. The Morgan fingerprint density at radius 2 is 1.91 bits per heavy atom. The number of fused-ring (bicyclic) bond motifs is 1. The fourth-order valence-electron chi connectivity index (χ4n) is 4.65. The monoisotopic (exact) mass is 480 g/mol. The van der Waals surface area contributed by atoms with Crippen LogP contribution < -0.4 is 9.47 Å². The molecule has 0 unspecified atom stereocenters. The molecule has 1 atom stereocenters. The van der Waals surface area contributed by atoms with Crippen LogP contribution in [0.2, 0.25) is 0 Å². The fraction of sp³-hybridized carbons (Fsp3) is 0.308. The van der Waals surface area contributed by atoms with Gasteiger partial charge >= 0.3 is 0 Å². The summed E-state index contributed by atoms with van der Waals surface area (Å²) < 4.78 is 41.2. The summed E-state index contributed by atoms with van der Waals surface area (Å²) in [6.45, 7) is 2.85. The number of halogens is 2. The summed E-state index contributed by atoms with van der Waals surface area (Å²) in [5, 5.41) is 4.31. The minimum atomic E-state index is -0.736. The maximum Gasteiger partial charge on any atom is 0.190 e. The van der Waals surface area contributed by atoms with Gasteiger partial charge in [-0.25, -0.2) is 13.8 Å². The van der Waals surface area contributed by atoms with Crippen molar-refractivity contribution < 1.29 is 23.1 Å². The molecule has 0 saturated carbocycles. The van der Waals surface area contributed by atoms with Crippen LogP contribution in [0.5, 0.6) is 11.5 Å². The first-order valence-electron chi connectivity index (χ1n) is 11.4. The van der Waals surface area contributed by atoms with Crippen LogP contribution in [0.1, 0.15) is 35.7 Å². The number of aryl methyl sites for hydroxylation is 1. The maximum absolute atomic E-state index is 14.4. The fourth-order valence-corrected chi connectivity index (χ4v) is 4.65. The van der Waals surface area contributed by atoms with Gasteiger partial charge in [-0.2, -0.15) is 0 Å². The van der Waals surface area contributed by atoms with Gasteiger partial charge in [-0.05, 0) is 66.8 Å². The van der Waals surface area contributed by atoms with E-state index < -0.39 is 11.6 Å². The molecule has 182 valence electrons. The summed E-state index contributed by atoms with van der Waals surface area (Å²) in [5.74, 6) is -0.466. The summed E-state index contributed by atoms with van der Waals surface area (Å²) >= 11 is 0. The van der Waals surface area contributed by atoms with Crippen LogP contribution in [-0.4, -0.2) is 47.7 Å². The molecule has 3 heterocycles. The van der Waals surface area contributed by atoms with Gasteiger partial charge in [-0.1, -0.05) is 11.2 Å². The molecule has 35 heavy (non-hydrogen) atoms. The van der Waals surface area contributed by atoms with Crippen LogP contribution in [0.25, 0.3) is 11.8 Å². The van der Waals surface area contributed by atoms with E-state index in [1.165, 1.54) is 19.2 Å². The standard InChI is InChI=1S/C26H26F2N4O3/c1-16-13-31(15-29-16)22-7-6-17(10-24(22)33-2)9-18-5-4-8-32-23(14-35-30-26(18)32)19-11-20(27)25(34-3)21(28)12-19/h6-7,9-13,15,23H,4-5,8,14H2,1-3H3/b18-9+/t23-/m1/s1. The summed E-state index contributed by atoms with van der Waals surface area (Å²) in [7, 11) is 2.88. The van der Waals surface area contributed by atoms with E-state index in [2.05, 4.69) is 21.1 Å². The molecule has 0 amide bonds. The Morgan fingerprint density at radius 3 is 2.60 bits per heavy atom. The van der Waals surface area contributed by atoms with Gasteiger partial charge in [0.15, 0.2) is 23.2 Å². The van der Waals surface area contributed by atoms with Crippen molar-refractivity contribution in [3.8, 4) is 17.2 Å². The van der Waals surface area contributed by atoms with Gasteiger partial charge in [0.05, 0.1) is 38.0 Å². The largest absolute Gasteiger partial charge is 0.495 e. The molecule has 9 heteroatoms. The molecule has 7 nitrogen and oxygen atoms in total. The lowest BCUT2D eigenvalue weighted by atomic mass is 9.95. The Balaban J connectivity index is 1.45. The highest BCUT2D eigenvalue weighted by molar-refractivity contribution is 6.03. The van der Waals surface area contributed by atoms with E-state index in [4.69, 9.17) is 14.3 Å². The number of methoxy groups -OCH3 is 2. The van der Waals surface area contributed by atoms with Gasteiger partial charge in [-0.15, -0.1) is 0 Å². The third kappa shape index (κ3) is 4.34. The van der Waals surface area contributed by atoms with Crippen LogP contribution in [0.4, 0.5) is 8.78 Å². The predicted molar refractivity (Wildman–Crippen MR) is 128 cm³/mol. The second kappa shape index (κ2) is 9.40. The maximum atomic E-state index is 14.4. The first-order valence-corrected chi connectivity index (χ1v) is 11.4. The highest BCUT2D eigenvalue weighted by Crippen LogP contribution is 2.35. The van der Waals surface area contributed by atoms with Crippen molar-refractivity contribution in [3.63, 3.8) is 0 Å². The molecule has 0 radical (unpaired) electrons. The Labute approximate surface area is 202 Å². The lowest BCUT2D eigenvalue weighted by Gasteiger charge is -2.40. The first-order chi connectivity index (χ1) is 17.0. The molecule has 1 fully saturated rings. The number of ether oxygens (including phenoxy) is 2. The third-order valence-electron chi connectivity index (χ3n) is 6.31. The summed E-state index contributed by atoms with van der Waals surface area (Å²) in [6.07, 6.45) is 7.43. The van der Waals surface area contributed by atoms with E-state index in [-0.39, 0.29) is 18.4 Å². The van der Waals surface area contributed by atoms with Crippen molar-refractivity contribution in [2.24, 2.45) is 5.16 Å². The number of benzene rings is 2. The van der Waals surface area contributed by atoms with E-state index in [1.807, 2.05) is 35.9 Å². The summed E-state index contributed by atoms with van der Waals surface area (Å²) in [5.41, 5.74) is 4.23. The third-order valence-corrected chi connectivity index (χ3v) is 6.31. The molecule has 1 saturated heterocycles. The van der Waals surface area contributed by atoms with E-state index >= 15 is 0 Å². The Hall–Kier alpha value is -3.88. The minimum absolute atomic E-state index is 0.203. The molecule has 1 aromatic heterocycles. The molecule has 2 aliphatic rings. The van der Waals surface area contributed by atoms with Crippen LogP contribution in [0.3, 0.4) is 0 Å². The molecular formula is C26H26F2N4O3. The molecule has 2 aromatic carbocycles. The van der Waals surface area contributed by atoms with E-state index in [0.717, 1.165) is 35.4 Å². The average molecular weight is 481 g/mol. The van der Waals surface area contributed by atoms with Crippen molar-refractivity contribution in [1.82, 2.24) is 14.5 Å². The van der Waals surface area contributed by atoms with Gasteiger partial charge in [0.1, 0.15) is 12.4 Å².